The Bertz CT molecular complexity index is 1140. The Balaban J connectivity index is 1.19. The van der Waals surface area contributed by atoms with Crippen molar-refractivity contribution in [1.29, 1.82) is 0 Å². The molecule has 202 valence electrons. The third-order valence-corrected chi connectivity index (χ3v) is 10.7. The van der Waals surface area contributed by atoms with E-state index in [1.807, 2.05) is 0 Å². The number of piperidine rings is 1. The summed E-state index contributed by atoms with van der Waals surface area (Å²) in [4.78, 5) is 17.1. The minimum absolute atomic E-state index is 0.0251. The van der Waals surface area contributed by atoms with E-state index in [1.165, 1.54) is 61.6 Å². The van der Waals surface area contributed by atoms with Gasteiger partial charge in [-0.2, -0.15) is 0 Å². The van der Waals surface area contributed by atoms with Crippen LogP contribution in [0.15, 0.2) is 48.5 Å². The number of likely N-dealkylation sites (tertiary alicyclic amines) is 1. The lowest BCUT2D eigenvalue weighted by Crippen LogP contribution is -2.55. The summed E-state index contributed by atoms with van der Waals surface area (Å²) in [6.45, 7) is 2.63. The van der Waals surface area contributed by atoms with Gasteiger partial charge in [0.15, 0.2) is 0 Å². The molecule has 4 unspecified atom stereocenters. The Morgan fingerprint density at radius 3 is 2.58 bits per heavy atom. The van der Waals surface area contributed by atoms with Gasteiger partial charge in [-0.3, -0.25) is 4.79 Å². The van der Waals surface area contributed by atoms with Crippen molar-refractivity contribution in [3.05, 3.63) is 65.2 Å². The van der Waals surface area contributed by atoms with Crippen molar-refractivity contribution in [2.75, 3.05) is 19.6 Å². The van der Waals surface area contributed by atoms with Crippen LogP contribution in [-0.2, 0) is 16.6 Å². The predicted octanol–water partition coefficient (Wildman–Crippen LogP) is 6.38. The summed E-state index contributed by atoms with van der Waals surface area (Å²) >= 11 is 0. The largest absolute Gasteiger partial charge is 0.490 e. The molecule has 0 aromatic heterocycles. The Labute approximate surface area is 228 Å². The maximum absolute atomic E-state index is 14.7. The van der Waals surface area contributed by atoms with Crippen LogP contribution in [0.3, 0.4) is 0 Å². The zero-order chi connectivity index (χ0) is 25.5. The summed E-state index contributed by atoms with van der Waals surface area (Å²) in [5.74, 6) is 2.77. The highest BCUT2D eigenvalue weighted by molar-refractivity contribution is 5.82. The standard InChI is InChI=1S/C34H44N2O2/c37-33(36-20-18-26(24-9-3-1-4-10-24)21-31(36)25-11-5-2-6-12-25)30-22-35-23-34(30)19-8-13-28-29(34)14-7-15-32(28)38-27-16-17-27/h1,3-4,7,9-10,14-15,25-27,30-31,35H,2,5-6,8,11-13,16-23H2. The van der Waals surface area contributed by atoms with Gasteiger partial charge in [0, 0.05) is 31.1 Å². The normalized spacial score (nSPS) is 31.8. The van der Waals surface area contributed by atoms with Gasteiger partial charge in [-0.1, -0.05) is 61.7 Å². The molecule has 38 heavy (non-hydrogen) atoms. The summed E-state index contributed by atoms with van der Waals surface area (Å²) in [6, 6.07) is 18.1. The molecule has 4 atom stereocenters. The molecule has 2 saturated carbocycles. The SMILES string of the molecule is O=C(C1CNCC12CCCc1c(OC3CC3)cccc12)N1CCC(c2ccccc2)CC1C1CCCCC1. The second-order valence-electron chi connectivity index (χ2n) is 12.9. The molecule has 3 aliphatic carbocycles. The maximum Gasteiger partial charge on any atom is 0.228 e. The van der Waals surface area contributed by atoms with Gasteiger partial charge >= 0.3 is 0 Å². The first-order chi connectivity index (χ1) is 18.7. The number of ether oxygens (including phenoxy) is 1. The van der Waals surface area contributed by atoms with Gasteiger partial charge in [0.2, 0.25) is 5.91 Å². The smallest absolute Gasteiger partial charge is 0.228 e. The van der Waals surface area contributed by atoms with Crippen molar-refractivity contribution >= 4 is 5.91 Å². The molecule has 2 aromatic rings. The fourth-order valence-corrected chi connectivity index (χ4v) is 8.57. The van der Waals surface area contributed by atoms with E-state index in [0.717, 1.165) is 57.5 Å². The van der Waals surface area contributed by atoms with Crippen molar-refractivity contribution in [2.45, 2.75) is 101 Å². The van der Waals surface area contributed by atoms with Crippen molar-refractivity contribution in [3.63, 3.8) is 0 Å². The van der Waals surface area contributed by atoms with Gasteiger partial charge in [0.1, 0.15) is 5.75 Å². The van der Waals surface area contributed by atoms with E-state index >= 15 is 0 Å². The summed E-state index contributed by atoms with van der Waals surface area (Å²) in [7, 11) is 0. The minimum atomic E-state index is -0.0962. The second kappa shape index (κ2) is 10.3. The number of benzene rings is 2. The van der Waals surface area contributed by atoms with Gasteiger partial charge in [-0.15, -0.1) is 0 Å². The molecule has 2 aliphatic heterocycles. The number of nitrogens with one attached hydrogen (secondary N) is 1. The van der Waals surface area contributed by atoms with Gasteiger partial charge in [-0.05, 0) is 92.4 Å². The third-order valence-electron chi connectivity index (χ3n) is 10.7. The number of carbonyl (C=O) groups excluding carboxylic acids is 1. The fraction of sp³-hybridized carbons (Fsp3) is 0.618. The van der Waals surface area contributed by atoms with Gasteiger partial charge in [0.25, 0.3) is 0 Å². The number of fused-ring (bicyclic) bond motifs is 2. The van der Waals surface area contributed by atoms with Gasteiger partial charge in [-0.25, -0.2) is 0 Å². The van der Waals surface area contributed by atoms with Crippen LogP contribution >= 0.6 is 0 Å². The Morgan fingerprint density at radius 1 is 0.921 bits per heavy atom. The molecule has 0 radical (unpaired) electrons. The summed E-state index contributed by atoms with van der Waals surface area (Å²) in [5.41, 5.74) is 4.15. The topological polar surface area (TPSA) is 41.6 Å². The first-order valence-corrected chi connectivity index (χ1v) is 15.6. The van der Waals surface area contributed by atoms with Crippen LogP contribution in [0.5, 0.6) is 5.75 Å². The molecule has 2 aromatic carbocycles. The first-order valence-electron chi connectivity index (χ1n) is 15.6. The van der Waals surface area contributed by atoms with Crippen LogP contribution in [-0.4, -0.2) is 42.6 Å². The average Bonchev–Trinajstić information content (AvgIpc) is 3.71. The molecule has 2 heterocycles. The molecule has 1 N–H and O–H groups in total. The number of amides is 1. The van der Waals surface area contributed by atoms with Gasteiger partial charge in [0.05, 0.1) is 12.0 Å². The summed E-state index contributed by atoms with van der Waals surface area (Å²) < 4.78 is 6.37. The van der Waals surface area contributed by atoms with E-state index in [-0.39, 0.29) is 11.3 Å². The molecule has 7 rings (SSSR count). The quantitative estimate of drug-likeness (QED) is 0.506. The van der Waals surface area contributed by atoms with E-state index in [2.05, 4.69) is 58.7 Å². The highest BCUT2D eigenvalue weighted by Crippen LogP contribution is 2.49. The molecule has 4 nitrogen and oxygen atoms in total. The molecule has 1 spiro atoms. The highest BCUT2D eigenvalue weighted by atomic mass is 16.5. The summed E-state index contributed by atoms with van der Waals surface area (Å²) in [5, 5.41) is 3.71. The second-order valence-corrected chi connectivity index (χ2v) is 12.9. The number of nitrogens with zero attached hydrogens (tertiary/aromatic N) is 1. The first kappa shape index (κ1) is 24.7. The molecule has 5 aliphatic rings. The zero-order valence-corrected chi connectivity index (χ0v) is 22.9. The number of rotatable bonds is 5. The van der Waals surface area contributed by atoms with Crippen molar-refractivity contribution in [1.82, 2.24) is 10.2 Å². The van der Waals surface area contributed by atoms with Crippen LogP contribution in [0.1, 0.15) is 93.2 Å². The van der Waals surface area contributed by atoms with E-state index < -0.39 is 0 Å². The van der Waals surface area contributed by atoms with Crippen LogP contribution in [0.25, 0.3) is 0 Å². The van der Waals surface area contributed by atoms with Crippen LogP contribution in [0.4, 0.5) is 0 Å². The molecule has 0 bridgehead atoms. The third kappa shape index (κ3) is 4.47. The van der Waals surface area contributed by atoms with Crippen molar-refractivity contribution in [2.24, 2.45) is 11.8 Å². The lowest BCUT2D eigenvalue weighted by atomic mass is 9.63. The lowest BCUT2D eigenvalue weighted by Gasteiger charge is -2.48. The number of hydrogen-bond donors (Lipinski definition) is 1. The fourth-order valence-electron chi connectivity index (χ4n) is 8.57. The molecular formula is C34H44N2O2. The minimum Gasteiger partial charge on any atom is -0.490 e. The lowest BCUT2D eigenvalue weighted by molar-refractivity contribution is -0.143. The zero-order valence-electron chi connectivity index (χ0n) is 22.9. The molecule has 1 amide bonds. The molecule has 2 saturated heterocycles. The van der Waals surface area contributed by atoms with Crippen LogP contribution in [0.2, 0.25) is 0 Å². The van der Waals surface area contributed by atoms with E-state index in [0.29, 0.717) is 29.9 Å². The van der Waals surface area contributed by atoms with E-state index in [4.69, 9.17) is 4.74 Å². The number of carbonyl (C=O) groups is 1. The molecule has 4 heteroatoms. The van der Waals surface area contributed by atoms with E-state index in [1.54, 1.807) is 0 Å². The predicted molar refractivity (Wildman–Crippen MR) is 152 cm³/mol. The molecule has 4 fully saturated rings. The average molecular weight is 513 g/mol. The Kier molecular flexibility index (Phi) is 6.72. The highest BCUT2D eigenvalue weighted by Gasteiger charge is 2.53. The maximum atomic E-state index is 14.7. The number of hydrogen-bond acceptors (Lipinski definition) is 3. The van der Waals surface area contributed by atoms with Crippen LogP contribution < -0.4 is 10.1 Å². The monoisotopic (exact) mass is 512 g/mol. The van der Waals surface area contributed by atoms with Crippen molar-refractivity contribution < 1.29 is 9.53 Å². The van der Waals surface area contributed by atoms with E-state index in [9.17, 15) is 4.79 Å². The van der Waals surface area contributed by atoms with Crippen LogP contribution in [0, 0.1) is 11.8 Å². The van der Waals surface area contributed by atoms with Gasteiger partial charge < -0.3 is 15.0 Å². The summed E-state index contributed by atoms with van der Waals surface area (Å²) in [6.07, 6.45) is 14.9. The molecular weight excluding hydrogens is 468 g/mol. The Morgan fingerprint density at radius 2 is 1.76 bits per heavy atom. The van der Waals surface area contributed by atoms with Crippen molar-refractivity contribution in [3.8, 4) is 5.75 Å². The Hall–Kier alpha value is -2.33.